The number of carboxylic acids is 1. The number of hydrogen-bond acceptors (Lipinski definition) is 4. The lowest BCUT2D eigenvalue weighted by molar-refractivity contribution is -0.151. The summed E-state index contributed by atoms with van der Waals surface area (Å²) in [5.41, 5.74) is 1.21. The third-order valence-electron chi connectivity index (χ3n) is 3.90. The van der Waals surface area contributed by atoms with Crippen molar-refractivity contribution in [3.05, 3.63) is 35.9 Å². The zero-order valence-corrected chi connectivity index (χ0v) is 12.2. The summed E-state index contributed by atoms with van der Waals surface area (Å²) in [6.07, 6.45) is 6.14. The third-order valence-corrected chi connectivity index (χ3v) is 3.90. The molecule has 0 aliphatic carbocycles. The van der Waals surface area contributed by atoms with E-state index < -0.39 is 12.0 Å². The Balaban J connectivity index is 1.84. The molecular weight excluding hydrogens is 286 g/mol. The van der Waals surface area contributed by atoms with Gasteiger partial charge in [0.2, 0.25) is 5.91 Å². The molecule has 1 amide bonds. The normalized spacial score (nSPS) is 17.3. The second-order valence-electron chi connectivity index (χ2n) is 5.17. The Morgan fingerprint density at radius 2 is 2.27 bits per heavy atom. The van der Waals surface area contributed by atoms with Crippen LogP contribution >= 0.6 is 0 Å². The molecule has 1 aliphatic rings. The van der Waals surface area contributed by atoms with E-state index in [1.807, 2.05) is 6.92 Å². The Kier molecular flexibility index (Phi) is 3.66. The Morgan fingerprint density at radius 1 is 1.45 bits per heavy atom. The molecule has 1 atom stereocenters. The largest absolute Gasteiger partial charge is 0.479 e. The SMILES string of the molecule is CCc1nccn1CC(=O)N1CCc2[nH]cnc2[C@@H]1C(=O)O. The number of aliphatic carboxylic acids is 1. The first kappa shape index (κ1) is 14.3. The summed E-state index contributed by atoms with van der Waals surface area (Å²) in [5.74, 6) is -0.505. The summed E-state index contributed by atoms with van der Waals surface area (Å²) < 4.78 is 1.75. The third kappa shape index (κ3) is 2.36. The van der Waals surface area contributed by atoms with E-state index in [4.69, 9.17) is 0 Å². The predicted molar refractivity (Wildman–Crippen MR) is 76.0 cm³/mol. The van der Waals surface area contributed by atoms with Gasteiger partial charge in [-0.25, -0.2) is 14.8 Å². The number of H-pyrrole nitrogens is 1. The fraction of sp³-hybridized carbons (Fsp3) is 0.429. The monoisotopic (exact) mass is 303 g/mol. The van der Waals surface area contributed by atoms with Crippen LogP contribution in [0.5, 0.6) is 0 Å². The number of hydrogen-bond donors (Lipinski definition) is 2. The van der Waals surface area contributed by atoms with Crippen molar-refractivity contribution in [1.82, 2.24) is 24.4 Å². The highest BCUT2D eigenvalue weighted by molar-refractivity contribution is 5.85. The summed E-state index contributed by atoms with van der Waals surface area (Å²) in [4.78, 5) is 36.7. The topological polar surface area (TPSA) is 104 Å². The molecule has 8 heteroatoms. The van der Waals surface area contributed by atoms with Crippen molar-refractivity contribution in [1.29, 1.82) is 0 Å². The number of fused-ring (bicyclic) bond motifs is 1. The molecule has 0 radical (unpaired) electrons. The summed E-state index contributed by atoms with van der Waals surface area (Å²) in [6, 6.07) is -1.03. The number of nitrogens with one attached hydrogen (secondary N) is 1. The van der Waals surface area contributed by atoms with Crippen LogP contribution in [0.1, 0.15) is 30.2 Å². The molecular formula is C14H17N5O3. The van der Waals surface area contributed by atoms with Crippen LogP contribution in [-0.2, 0) is 29.0 Å². The average Bonchev–Trinajstić information content (AvgIpc) is 3.13. The highest BCUT2D eigenvalue weighted by Crippen LogP contribution is 2.27. The van der Waals surface area contributed by atoms with Gasteiger partial charge in [-0.15, -0.1) is 0 Å². The van der Waals surface area contributed by atoms with E-state index >= 15 is 0 Å². The fourth-order valence-electron chi connectivity index (χ4n) is 2.83. The molecule has 116 valence electrons. The number of rotatable bonds is 4. The second kappa shape index (κ2) is 5.63. The summed E-state index contributed by atoms with van der Waals surface area (Å²) >= 11 is 0. The van der Waals surface area contributed by atoms with Gasteiger partial charge >= 0.3 is 5.97 Å². The highest BCUT2D eigenvalue weighted by atomic mass is 16.4. The maximum atomic E-state index is 12.6. The van der Waals surface area contributed by atoms with Gasteiger partial charge in [0, 0.05) is 37.5 Å². The van der Waals surface area contributed by atoms with Crippen LogP contribution in [-0.4, -0.2) is 47.9 Å². The van der Waals surface area contributed by atoms with Crippen molar-refractivity contribution in [2.75, 3.05) is 6.54 Å². The Hall–Kier alpha value is -2.64. The zero-order valence-electron chi connectivity index (χ0n) is 12.2. The first-order valence-corrected chi connectivity index (χ1v) is 7.16. The fourth-order valence-corrected chi connectivity index (χ4v) is 2.83. The molecule has 0 unspecified atom stereocenters. The smallest absolute Gasteiger partial charge is 0.332 e. The van der Waals surface area contributed by atoms with Crippen LogP contribution in [0.4, 0.5) is 0 Å². The zero-order chi connectivity index (χ0) is 15.7. The maximum absolute atomic E-state index is 12.6. The van der Waals surface area contributed by atoms with Crippen LogP contribution in [0.3, 0.4) is 0 Å². The van der Waals surface area contributed by atoms with Crippen molar-refractivity contribution in [2.45, 2.75) is 32.4 Å². The number of carbonyl (C=O) groups excluding carboxylic acids is 1. The number of nitrogens with zero attached hydrogens (tertiary/aromatic N) is 4. The highest BCUT2D eigenvalue weighted by Gasteiger charge is 2.37. The number of aromatic nitrogens is 4. The van der Waals surface area contributed by atoms with E-state index in [0.717, 1.165) is 11.5 Å². The van der Waals surface area contributed by atoms with Crippen LogP contribution < -0.4 is 0 Å². The average molecular weight is 303 g/mol. The number of carboxylic acid groups (broad SMARTS) is 1. The van der Waals surface area contributed by atoms with Crippen LogP contribution in [0, 0.1) is 0 Å². The number of aromatic amines is 1. The minimum absolute atomic E-state index is 0.0900. The van der Waals surface area contributed by atoms with Crippen LogP contribution in [0.2, 0.25) is 0 Å². The quantitative estimate of drug-likeness (QED) is 0.849. The molecule has 0 bridgehead atoms. The van der Waals surface area contributed by atoms with Crippen molar-refractivity contribution in [3.63, 3.8) is 0 Å². The summed E-state index contributed by atoms with van der Waals surface area (Å²) in [7, 11) is 0. The molecule has 0 fully saturated rings. The lowest BCUT2D eigenvalue weighted by atomic mass is 10.0. The van der Waals surface area contributed by atoms with Gasteiger partial charge in [0.25, 0.3) is 0 Å². The summed E-state index contributed by atoms with van der Waals surface area (Å²) in [5, 5.41) is 9.48. The molecule has 0 saturated heterocycles. The number of aryl methyl sites for hydroxylation is 1. The van der Waals surface area contributed by atoms with Crippen molar-refractivity contribution >= 4 is 11.9 Å². The van der Waals surface area contributed by atoms with Gasteiger partial charge in [-0.05, 0) is 0 Å². The van der Waals surface area contributed by atoms with Gasteiger partial charge in [0.15, 0.2) is 6.04 Å². The number of imidazole rings is 2. The van der Waals surface area contributed by atoms with E-state index in [1.54, 1.807) is 17.0 Å². The van der Waals surface area contributed by atoms with Gasteiger partial charge in [-0.3, -0.25) is 4.79 Å². The molecule has 3 heterocycles. The minimum atomic E-state index is -1.07. The molecule has 0 saturated carbocycles. The van der Waals surface area contributed by atoms with E-state index in [0.29, 0.717) is 25.1 Å². The molecule has 1 aliphatic heterocycles. The summed E-state index contributed by atoms with van der Waals surface area (Å²) in [6.45, 7) is 2.41. The standard InChI is InChI=1S/C14H17N5O3/c1-2-10-15-4-6-18(10)7-11(20)19-5-3-9-12(17-8-16-9)13(19)14(21)22/h4,6,8,13H,2-3,5,7H2,1H3,(H,16,17)(H,21,22)/t13-/m1/s1. The van der Waals surface area contributed by atoms with Gasteiger partial charge in [-0.2, -0.15) is 0 Å². The molecule has 3 rings (SSSR count). The molecule has 22 heavy (non-hydrogen) atoms. The van der Waals surface area contributed by atoms with E-state index in [1.165, 1.54) is 11.2 Å². The molecule has 8 nitrogen and oxygen atoms in total. The molecule has 0 aromatic carbocycles. The van der Waals surface area contributed by atoms with Crippen molar-refractivity contribution in [2.24, 2.45) is 0 Å². The Labute approximate surface area is 126 Å². The van der Waals surface area contributed by atoms with E-state index in [9.17, 15) is 14.7 Å². The number of carbonyl (C=O) groups is 2. The number of amides is 1. The first-order chi connectivity index (χ1) is 10.6. The molecule has 2 aromatic heterocycles. The van der Waals surface area contributed by atoms with Gasteiger partial charge in [0.05, 0.1) is 12.0 Å². The van der Waals surface area contributed by atoms with Crippen LogP contribution in [0.25, 0.3) is 0 Å². The Bertz CT molecular complexity index is 705. The van der Waals surface area contributed by atoms with Gasteiger partial charge in [0.1, 0.15) is 12.4 Å². The van der Waals surface area contributed by atoms with Gasteiger partial charge in [-0.1, -0.05) is 6.92 Å². The van der Waals surface area contributed by atoms with E-state index in [2.05, 4.69) is 15.0 Å². The Morgan fingerprint density at radius 3 is 3.00 bits per heavy atom. The first-order valence-electron chi connectivity index (χ1n) is 7.16. The lowest BCUT2D eigenvalue weighted by Crippen LogP contribution is -2.45. The van der Waals surface area contributed by atoms with Crippen molar-refractivity contribution < 1.29 is 14.7 Å². The molecule has 2 N–H and O–H groups in total. The second-order valence-corrected chi connectivity index (χ2v) is 5.17. The van der Waals surface area contributed by atoms with Crippen LogP contribution in [0.15, 0.2) is 18.7 Å². The van der Waals surface area contributed by atoms with Crippen molar-refractivity contribution in [3.8, 4) is 0 Å². The van der Waals surface area contributed by atoms with E-state index in [-0.39, 0.29) is 12.5 Å². The minimum Gasteiger partial charge on any atom is -0.479 e. The van der Waals surface area contributed by atoms with Gasteiger partial charge < -0.3 is 19.6 Å². The lowest BCUT2D eigenvalue weighted by Gasteiger charge is -2.32. The molecule has 2 aromatic rings. The predicted octanol–water partition coefficient (Wildman–Crippen LogP) is 0.379. The molecule has 0 spiro atoms. The maximum Gasteiger partial charge on any atom is 0.332 e.